The molecule has 0 saturated carbocycles. The fourth-order valence-electron chi connectivity index (χ4n) is 3.19. The molecule has 1 fully saturated rings. The van der Waals surface area contributed by atoms with Crippen LogP contribution in [0.15, 0.2) is 41.3 Å². The van der Waals surface area contributed by atoms with Crippen molar-refractivity contribution in [1.29, 1.82) is 0 Å². The molecule has 1 saturated heterocycles. The molecule has 1 N–H and O–H groups in total. The molecule has 3 rings (SSSR count). The summed E-state index contributed by atoms with van der Waals surface area (Å²) in [6.07, 6.45) is 2.79. The number of anilines is 1. The van der Waals surface area contributed by atoms with Crippen molar-refractivity contribution >= 4 is 33.2 Å². The van der Waals surface area contributed by atoms with Crippen LogP contribution in [0.25, 0.3) is 0 Å². The zero-order chi connectivity index (χ0) is 21.0. The van der Waals surface area contributed by atoms with Gasteiger partial charge in [-0.15, -0.1) is 0 Å². The maximum absolute atomic E-state index is 12.9. The maximum Gasteiger partial charge on any atom is 0.262 e. The number of hydrogen-bond acceptors (Lipinski definition) is 4. The summed E-state index contributed by atoms with van der Waals surface area (Å²) in [5.74, 6) is 0.174. The monoisotopic (exact) mass is 436 g/mol. The van der Waals surface area contributed by atoms with Gasteiger partial charge in [-0.25, -0.2) is 8.42 Å². The quantitative estimate of drug-likeness (QED) is 0.738. The van der Waals surface area contributed by atoms with E-state index in [9.17, 15) is 13.2 Å². The molecule has 0 spiro atoms. The molecule has 0 bridgehead atoms. The third kappa shape index (κ3) is 5.29. The highest BCUT2D eigenvalue weighted by atomic mass is 35.5. The van der Waals surface area contributed by atoms with Crippen LogP contribution in [0.2, 0.25) is 5.02 Å². The minimum atomic E-state index is -3.56. The van der Waals surface area contributed by atoms with E-state index < -0.39 is 10.0 Å². The van der Waals surface area contributed by atoms with E-state index in [4.69, 9.17) is 16.3 Å². The zero-order valence-corrected chi connectivity index (χ0v) is 18.1. The standard InChI is InChI=1S/C21H25ClN2O4S/c1-15-6-8-18(29(26,27)24-10-4-3-5-11-24)13-20(15)23-21(25)14-28-17-7-9-19(22)16(2)12-17/h6-9,12-13H,3-5,10-11,14H2,1-2H3,(H,23,25). The minimum absolute atomic E-state index is 0.189. The van der Waals surface area contributed by atoms with Crippen molar-refractivity contribution < 1.29 is 17.9 Å². The predicted octanol–water partition coefficient (Wildman–Crippen LogP) is 4.15. The van der Waals surface area contributed by atoms with Crippen LogP contribution < -0.4 is 10.1 Å². The lowest BCUT2D eigenvalue weighted by molar-refractivity contribution is -0.118. The summed E-state index contributed by atoms with van der Waals surface area (Å²) in [5, 5.41) is 3.38. The zero-order valence-electron chi connectivity index (χ0n) is 16.6. The highest BCUT2D eigenvalue weighted by Gasteiger charge is 2.26. The van der Waals surface area contributed by atoms with Crippen LogP contribution in [0.1, 0.15) is 30.4 Å². The Morgan fingerprint density at radius 3 is 2.48 bits per heavy atom. The summed E-state index contributed by atoms with van der Waals surface area (Å²) in [7, 11) is -3.56. The van der Waals surface area contributed by atoms with Crippen LogP contribution in [0, 0.1) is 13.8 Å². The molecular formula is C21H25ClN2O4S. The summed E-state index contributed by atoms with van der Waals surface area (Å²) < 4.78 is 32.8. The van der Waals surface area contributed by atoms with Crippen molar-refractivity contribution in [2.75, 3.05) is 25.0 Å². The summed E-state index contributed by atoms with van der Waals surface area (Å²) in [4.78, 5) is 12.5. The summed E-state index contributed by atoms with van der Waals surface area (Å²) in [6.45, 7) is 4.55. The molecular weight excluding hydrogens is 412 g/mol. The van der Waals surface area contributed by atoms with Gasteiger partial charge in [0.25, 0.3) is 5.91 Å². The number of hydrogen-bond donors (Lipinski definition) is 1. The first-order chi connectivity index (χ1) is 13.8. The Hall–Kier alpha value is -2.09. The molecule has 1 aliphatic heterocycles. The molecule has 29 heavy (non-hydrogen) atoms. The van der Waals surface area contributed by atoms with E-state index in [2.05, 4.69) is 5.32 Å². The molecule has 1 amide bonds. The Kier molecular flexibility index (Phi) is 6.82. The largest absolute Gasteiger partial charge is 0.484 e. The van der Waals surface area contributed by atoms with Gasteiger partial charge in [-0.05, 0) is 68.1 Å². The number of carbonyl (C=O) groups is 1. The van der Waals surface area contributed by atoms with Gasteiger partial charge in [-0.3, -0.25) is 4.79 Å². The van der Waals surface area contributed by atoms with Gasteiger partial charge in [0.15, 0.2) is 6.61 Å². The molecule has 0 atom stereocenters. The van der Waals surface area contributed by atoms with Gasteiger partial charge >= 0.3 is 0 Å². The van der Waals surface area contributed by atoms with Crippen LogP contribution in [0.3, 0.4) is 0 Å². The fraction of sp³-hybridized carbons (Fsp3) is 0.381. The molecule has 0 radical (unpaired) electrons. The second-order valence-electron chi connectivity index (χ2n) is 7.19. The van der Waals surface area contributed by atoms with Crippen molar-refractivity contribution in [1.82, 2.24) is 4.31 Å². The molecule has 2 aromatic rings. The smallest absolute Gasteiger partial charge is 0.262 e. The van der Waals surface area contributed by atoms with Crippen LogP contribution in [0.5, 0.6) is 5.75 Å². The van der Waals surface area contributed by atoms with Gasteiger partial charge in [0.05, 0.1) is 4.90 Å². The molecule has 6 nitrogen and oxygen atoms in total. The fourth-order valence-corrected chi connectivity index (χ4v) is 4.85. The number of halogens is 1. The molecule has 8 heteroatoms. The number of amides is 1. The number of nitrogens with one attached hydrogen (secondary N) is 1. The van der Waals surface area contributed by atoms with Crippen LogP contribution in [-0.4, -0.2) is 38.3 Å². The average molecular weight is 437 g/mol. The van der Waals surface area contributed by atoms with Crippen LogP contribution >= 0.6 is 11.6 Å². The lowest BCUT2D eigenvalue weighted by Gasteiger charge is -2.26. The molecule has 1 heterocycles. The predicted molar refractivity (Wildman–Crippen MR) is 114 cm³/mol. The highest BCUT2D eigenvalue weighted by molar-refractivity contribution is 7.89. The third-order valence-electron chi connectivity index (χ3n) is 4.94. The first kappa shape index (κ1) is 21.6. The number of nitrogens with zero attached hydrogens (tertiary/aromatic N) is 1. The second kappa shape index (κ2) is 9.15. The van der Waals surface area contributed by atoms with Gasteiger partial charge in [-0.1, -0.05) is 24.1 Å². The number of sulfonamides is 1. The summed E-state index contributed by atoms with van der Waals surface area (Å²) in [6, 6.07) is 9.97. The van der Waals surface area contributed by atoms with Gasteiger partial charge in [0.1, 0.15) is 5.75 Å². The number of aryl methyl sites for hydroxylation is 2. The summed E-state index contributed by atoms with van der Waals surface area (Å²) >= 11 is 5.99. The number of piperidine rings is 1. The molecule has 2 aromatic carbocycles. The first-order valence-corrected chi connectivity index (χ1v) is 11.4. The van der Waals surface area contributed by atoms with E-state index in [-0.39, 0.29) is 17.4 Å². The SMILES string of the molecule is Cc1cc(OCC(=O)Nc2cc(S(=O)(=O)N3CCCCC3)ccc2C)ccc1Cl. The number of carbonyl (C=O) groups excluding carboxylic acids is 1. The lowest BCUT2D eigenvalue weighted by Crippen LogP contribution is -2.35. The average Bonchev–Trinajstić information content (AvgIpc) is 2.71. The third-order valence-corrected chi connectivity index (χ3v) is 7.25. The van der Waals surface area contributed by atoms with Gasteiger partial charge in [0, 0.05) is 23.8 Å². The molecule has 1 aliphatic rings. The van der Waals surface area contributed by atoms with Gasteiger partial charge in [0.2, 0.25) is 10.0 Å². The van der Waals surface area contributed by atoms with Gasteiger partial charge in [-0.2, -0.15) is 4.31 Å². The Labute approximate surface area is 176 Å². The Morgan fingerprint density at radius 2 is 1.79 bits per heavy atom. The van der Waals surface area contributed by atoms with Crippen LogP contribution in [-0.2, 0) is 14.8 Å². The normalized spacial score (nSPS) is 15.1. The van der Waals surface area contributed by atoms with Crippen molar-refractivity contribution in [3.8, 4) is 5.75 Å². The first-order valence-electron chi connectivity index (χ1n) is 9.57. The molecule has 0 aliphatic carbocycles. The second-order valence-corrected chi connectivity index (χ2v) is 9.53. The Bertz CT molecular complexity index is 1000. The van der Waals surface area contributed by atoms with Crippen molar-refractivity contribution in [3.63, 3.8) is 0 Å². The Morgan fingerprint density at radius 1 is 1.07 bits per heavy atom. The van der Waals surface area contributed by atoms with Crippen molar-refractivity contribution in [2.24, 2.45) is 0 Å². The minimum Gasteiger partial charge on any atom is -0.484 e. The van der Waals surface area contributed by atoms with Crippen LogP contribution in [0.4, 0.5) is 5.69 Å². The number of ether oxygens (including phenoxy) is 1. The van der Waals surface area contributed by atoms with Crippen molar-refractivity contribution in [3.05, 3.63) is 52.5 Å². The maximum atomic E-state index is 12.9. The van der Waals surface area contributed by atoms with E-state index in [1.54, 1.807) is 30.3 Å². The highest BCUT2D eigenvalue weighted by Crippen LogP contribution is 2.25. The van der Waals surface area contributed by atoms with E-state index in [1.807, 2.05) is 13.8 Å². The van der Waals surface area contributed by atoms with E-state index >= 15 is 0 Å². The number of benzene rings is 2. The molecule has 156 valence electrons. The molecule has 0 aromatic heterocycles. The topological polar surface area (TPSA) is 75.7 Å². The number of rotatable bonds is 6. The molecule has 0 unspecified atom stereocenters. The van der Waals surface area contributed by atoms with E-state index in [1.165, 1.54) is 10.4 Å². The summed E-state index contributed by atoms with van der Waals surface area (Å²) in [5.41, 5.74) is 2.10. The van der Waals surface area contributed by atoms with E-state index in [0.29, 0.717) is 29.5 Å². The lowest BCUT2D eigenvalue weighted by atomic mass is 10.2. The van der Waals surface area contributed by atoms with E-state index in [0.717, 1.165) is 30.4 Å². The van der Waals surface area contributed by atoms with Gasteiger partial charge < -0.3 is 10.1 Å². The Balaban J connectivity index is 1.69. The van der Waals surface area contributed by atoms with Crippen molar-refractivity contribution in [2.45, 2.75) is 38.0 Å².